The Hall–Kier alpha value is -2.33. The summed E-state index contributed by atoms with van der Waals surface area (Å²) >= 11 is 0. The van der Waals surface area contributed by atoms with Gasteiger partial charge in [0.05, 0.1) is 10.8 Å². The number of aromatic nitrogens is 1. The number of benzene rings is 3. The third-order valence-electron chi connectivity index (χ3n) is 6.07. The van der Waals surface area contributed by atoms with E-state index in [9.17, 15) is 0 Å². The fraction of sp³-hybridized carbons (Fsp3) is 0.269. The van der Waals surface area contributed by atoms with Crippen LogP contribution in [0.4, 0.5) is 0 Å². The van der Waals surface area contributed by atoms with Gasteiger partial charge in [0.15, 0.2) is 0 Å². The van der Waals surface area contributed by atoms with Crippen LogP contribution in [0.25, 0.3) is 32.9 Å². The van der Waals surface area contributed by atoms with E-state index in [1.807, 2.05) is 0 Å². The molecule has 5 heteroatoms. The van der Waals surface area contributed by atoms with Gasteiger partial charge in [-0.2, -0.15) is 4.57 Å². The van der Waals surface area contributed by atoms with Crippen LogP contribution in [0.3, 0.4) is 0 Å². The molecule has 3 aromatic carbocycles. The maximum atomic E-state index is 6.17. The minimum Gasteiger partial charge on any atom is -1.00 e. The Kier molecular flexibility index (Phi) is 7.77. The monoisotopic (exact) mass is 454 g/mol. The molecule has 0 N–H and O–H groups in total. The first-order chi connectivity index (χ1) is 14.3. The van der Waals surface area contributed by atoms with E-state index in [0.717, 1.165) is 18.9 Å². The number of likely N-dealkylation sites (tertiary alicyclic amines) is 1. The first-order valence-electron chi connectivity index (χ1n) is 10.6. The lowest BCUT2D eigenvalue weighted by molar-refractivity contribution is -0.617. The highest BCUT2D eigenvalue weighted by atomic mass is 35.5. The van der Waals surface area contributed by atoms with Crippen LogP contribution in [0, 0.1) is 0 Å². The number of pyridine rings is 1. The number of aryl methyl sites for hydroxylation is 1. The van der Waals surface area contributed by atoms with Crippen LogP contribution in [-0.2, 0) is 7.05 Å². The van der Waals surface area contributed by atoms with Crippen LogP contribution in [0.1, 0.15) is 12.8 Å². The molecule has 2 heterocycles. The summed E-state index contributed by atoms with van der Waals surface area (Å²) < 4.78 is 8.45. The lowest BCUT2D eigenvalue weighted by Crippen LogP contribution is -3.00. The fourth-order valence-corrected chi connectivity index (χ4v) is 4.56. The van der Waals surface area contributed by atoms with Crippen molar-refractivity contribution in [2.24, 2.45) is 7.05 Å². The van der Waals surface area contributed by atoms with Gasteiger partial charge in [-0.1, -0.05) is 42.5 Å². The van der Waals surface area contributed by atoms with E-state index < -0.39 is 0 Å². The Bertz CT molecular complexity index is 1160. The number of nitrogens with zero attached hydrogens (tertiary/aromatic N) is 2. The zero-order valence-corrected chi connectivity index (χ0v) is 19.3. The molecule has 0 saturated carbocycles. The summed E-state index contributed by atoms with van der Waals surface area (Å²) in [7, 11) is 2.15. The molecule has 0 unspecified atom stereocenters. The summed E-state index contributed by atoms with van der Waals surface area (Å²) in [5.74, 6) is 0.948. The van der Waals surface area contributed by atoms with Gasteiger partial charge in [-0.05, 0) is 49.7 Å². The standard InChI is InChI=1S/C26H27N2O.2ClH/c1-27-24-12-6-5-11-22(24)26(20-9-3-2-4-10-20)23-19-21(13-14-25(23)27)29-18-17-28-15-7-8-16-28;;/h2-6,9-14,19H,7-8,15-18H2,1H3;2*1H/q+1;;/p-1. The Balaban J connectivity index is 0.00000136. The van der Waals surface area contributed by atoms with Gasteiger partial charge in [0.25, 0.3) is 0 Å². The zero-order valence-electron chi connectivity index (χ0n) is 17.8. The van der Waals surface area contributed by atoms with Gasteiger partial charge in [-0.3, -0.25) is 4.90 Å². The summed E-state index contributed by atoms with van der Waals surface area (Å²) in [6.07, 6.45) is 2.64. The van der Waals surface area contributed by atoms with E-state index in [4.69, 9.17) is 4.74 Å². The lowest BCUT2D eigenvalue weighted by atomic mass is 9.95. The maximum absolute atomic E-state index is 6.17. The van der Waals surface area contributed by atoms with Gasteiger partial charge < -0.3 is 17.1 Å². The molecule has 0 bridgehead atoms. The average Bonchev–Trinajstić information content (AvgIpc) is 3.28. The zero-order chi connectivity index (χ0) is 19.6. The van der Waals surface area contributed by atoms with Crippen LogP contribution < -0.4 is 21.7 Å². The number of rotatable bonds is 5. The van der Waals surface area contributed by atoms with E-state index in [1.54, 1.807) is 0 Å². The number of hydrogen-bond donors (Lipinski definition) is 0. The lowest BCUT2D eigenvalue weighted by Gasteiger charge is -2.15. The predicted octanol–water partition coefficient (Wildman–Crippen LogP) is 2.38. The van der Waals surface area contributed by atoms with Gasteiger partial charge in [0.2, 0.25) is 11.0 Å². The molecule has 0 radical (unpaired) electrons. The molecule has 1 aromatic heterocycles. The van der Waals surface area contributed by atoms with Crippen molar-refractivity contribution in [2.75, 3.05) is 26.2 Å². The second kappa shape index (κ2) is 10.3. The van der Waals surface area contributed by atoms with Crippen molar-refractivity contribution < 1.29 is 21.7 Å². The van der Waals surface area contributed by atoms with Gasteiger partial charge >= 0.3 is 0 Å². The van der Waals surface area contributed by atoms with E-state index in [1.165, 1.54) is 58.9 Å². The molecule has 0 aliphatic carbocycles. The van der Waals surface area contributed by atoms with Crippen molar-refractivity contribution in [3.8, 4) is 16.9 Å². The molecule has 0 amide bonds. The molecule has 1 fully saturated rings. The molecule has 5 rings (SSSR count). The van der Waals surface area contributed by atoms with Crippen molar-refractivity contribution in [1.82, 2.24) is 4.90 Å². The number of hydrogen-bond acceptors (Lipinski definition) is 2. The van der Waals surface area contributed by atoms with E-state index in [0.29, 0.717) is 0 Å². The maximum Gasteiger partial charge on any atom is 0.213 e. The van der Waals surface area contributed by atoms with Gasteiger partial charge in [0, 0.05) is 24.2 Å². The van der Waals surface area contributed by atoms with E-state index in [-0.39, 0.29) is 24.8 Å². The molecule has 1 aliphatic heterocycles. The largest absolute Gasteiger partial charge is 1.00 e. The Labute approximate surface area is 196 Å². The first kappa shape index (κ1) is 23.3. The normalized spacial score (nSPS) is 13.7. The van der Waals surface area contributed by atoms with Crippen LogP contribution >= 0.6 is 12.4 Å². The van der Waals surface area contributed by atoms with Crippen LogP contribution in [0.15, 0.2) is 72.8 Å². The van der Waals surface area contributed by atoms with Gasteiger partial charge in [0.1, 0.15) is 19.4 Å². The molecule has 0 spiro atoms. The predicted molar refractivity (Wildman–Crippen MR) is 126 cm³/mol. The van der Waals surface area contributed by atoms with Gasteiger partial charge in [-0.25, -0.2) is 0 Å². The highest BCUT2D eigenvalue weighted by Gasteiger charge is 2.19. The molecular formula is C26H28Cl2N2O. The molecule has 1 saturated heterocycles. The van der Waals surface area contributed by atoms with Crippen molar-refractivity contribution in [3.63, 3.8) is 0 Å². The van der Waals surface area contributed by atoms with Crippen LogP contribution in [0.5, 0.6) is 5.75 Å². The summed E-state index contributed by atoms with van der Waals surface area (Å²) in [5, 5.41) is 2.50. The number of halogens is 2. The first-order valence-corrected chi connectivity index (χ1v) is 10.6. The molecule has 1 aliphatic rings. The van der Waals surface area contributed by atoms with E-state index >= 15 is 0 Å². The summed E-state index contributed by atoms with van der Waals surface area (Å²) in [4.78, 5) is 2.49. The Morgan fingerprint density at radius 3 is 2.29 bits per heavy atom. The Morgan fingerprint density at radius 2 is 1.52 bits per heavy atom. The summed E-state index contributed by atoms with van der Waals surface area (Å²) in [5.41, 5.74) is 4.97. The second-order valence-corrected chi connectivity index (χ2v) is 7.89. The van der Waals surface area contributed by atoms with Crippen LogP contribution in [-0.4, -0.2) is 31.1 Å². The summed E-state index contributed by atoms with van der Waals surface area (Å²) in [6, 6.07) is 25.9. The Morgan fingerprint density at radius 1 is 0.839 bits per heavy atom. The molecule has 31 heavy (non-hydrogen) atoms. The summed E-state index contributed by atoms with van der Waals surface area (Å²) in [6.45, 7) is 4.17. The molecule has 162 valence electrons. The number of ether oxygens (including phenoxy) is 1. The van der Waals surface area contributed by atoms with E-state index in [2.05, 4.69) is 89.3 Å². The van der Waals surface area contributed by atoms with Gasteiger partial charge in [-0.15, -0.1) is 12.4 Å². The smallest absolute Gasteiger partial charge is 0.213 e. The number of fused-ring (bicyclic) bond motifs is 2. The number of para-hydroxylation sites is 1. The van der Waals surface area contributed by atoms with Crippen LogP contribution in [0.2, 0.25) is 0 Å². The van der Waals surface area contributed by atoms with Crippen molar-refractivity contribution in [3.05, 3.63) is 72.8 Å². The fourth-order valence-electron chi connectivity index (χ4n) is 4.56. The average molecular weight is 455 g/mol. The SMILES string of the molecule is C[n+]1c2ccccc2c(-c2ccccc2)c2cc(OCCN3CCCC3)ccc21.Cl.[Cl-]. The third-order valence-corrected chi connectivity index (χ3v) is 6.07. The quantitative estimate of drug-likeness (QED) is 0.340. The highest BCUT2D eigenvalue weighted by molar-refractivity contribution is 6.07. The molecule has 4 aromatic rings. The molecule has 3 nitrogen and oxygen atoms in total. The molecular weight excluding hydrogens is 427 g/mol. The third kappa shape index (κ3) is 4.64. The molecule has 0 atom stereocenters. The second-order valence-electron chi connectivity index (χ2n) is 7.89. The minimum atomic E-state index is 0. The van der Waals surface area contributed by atoms with Crippen molar-refractivity contribution >= 4 is 34.2 Å². The topological polar surface area (TPSA) is 16.4 Å². The minimum absolute atomic E-state index is 0. The highest BCUT2D eigenvalue weighted by Crippen LogP contribution is 2.35. The van der Waals surface area contributed by atoms with Crippen molar-refractivity contribution in [2.45, 2.75) is 12.8 Å². The van der Waals surface area contributed by atoms with Crippen molar-refractivity contribution in [1.29, 1.82) is 0 Å².